The maximum Gasteiger partial charge on any atom is 0.331 e. The summed E-state index contributed by atoms with van der Waals surface area (Å²) in [7, 11) is 0. The molecule has 3 saturated heterocycles. The fourth-order valence-corrected chi connectivity index (χ4v) is 3.46. The molecule has 152 valence electrons. The number of allylic oxidation sites excluding steroid dienone is 3. The minimum absolute atomic E-state index is 0.351. The zero-order chi connectivity index (χ0) is 19.7. The average molecular weight is 382 g/mol. The Morgan fingerprint density at radius 1 is 1.07 bits per heavy atom. The lowest BCUT2D eigenvalue weighted by Crippen LogP contribution is -2.45. The number of fused-ring (bicyclic) bond motifs is 1. The van der Waals surface area contributed by atoms with Crippen molar-refractivity contribution in [2.45, 2.75) is 89.7 Å². The Labute approximate surface area is 160 Å². The molecule has 3 fully saturated rings. The van der Waals surface area contributed by atoms with Crippen molar-refractivity contribution in [2.75, 3.05) is 6.61 Å². The Morgan fingerprint density at radius 2 is 1.85 bits per heavy atom. The second-order valence-electron chi connectivity index (χ2n) is 7.91. The molecule has 7 nitrogen and oxygen atoms in total. The zero-order valence-electron chi connectivity index (χ0n) is 16.7. The second-order valence-corrected chi connectivity index (χ2v) is 7.91. The fraction of sp³-hybridized carbons (Fsp3) is 0.750. The minimum atomic E-state index is -0.796. The van der Waals surface area contributed by atoms with E-state index < -0.39 is 42.1 Å². The van der Waals surface area contributed by atoms with Gasteiger partial charge in [-0.15, -0.1) is 0 Å². The Morgan fingerprint density at radius 3 is 2.52 bits per heavy atom. The van der Waals surface area contributed by atoms with Crippen molar-refractivity contribution in [3.05, 3.63) is 24.3 Å². The Kier molecular flexibility index (Phi) is 6.08. The van der Waals surface area contributed by atoms with Gasteiger partial charge in [-0.1, -0.05) is 31.6 Å². The van der Waals surface area contributed by atoms with Crippen molar-refractivity contribution in [3.8, 4) is 0 Å². The van der Waals surface area contributed by atoms with Gasteiger partial charge in [0.15, 0.2) is 30.1 Å². The smallest absolute Gasteiger partial charge is 0.331 e. The third kappa shape index (κ3) is 4.97. The van der Waals surface area contributed by atoms with Gasteiger partial charge < -0.3 is 28.4 Å². The molecule has 0 bridgehead atoms. The van der Waals surface area contributed by atoms with Crippen molar-refractivity contribution in [1.82, 2.24) is 0 Å². The van der Waals surface area contributed by atoms with Crippen LogP contribution in [0, 0.1) is 0 Å². The first-order chi connectivity index (χ1) is 12.7. The first-order valence-corrected chi connectivity index (χ1v) is 9.57. The number of hydrogen-bond donors (Lipinski definition) is 0. The van der Waals surface area contributed by atoms with E-state index in [4.69, 9.17) is 28.4 Å². The van der Waals surface area contributed by atoms with E-state index in [9.17, 15) is 4.79 Å². The number of carbonyl (C=O) groups is 1. The van der Waals surface area contributed by atoms with Crippen LogP contribution >= 0.6 is 0 Å². The third-order valence-corrected chi connectivity index (χ3v) is 4.61. The standard InChI is InChI=1S/C20H30O7/c1-6-7-8-9-10-11-14(21)23-16-15(13-12-22-19(2,3)25-13)24-18-17(16)26-20(4,5)27-18/h8-11,13,15-18H,6-7,12H2,1-5H3/b9-8+,11-10+/t13-,15-,16+,17-,18-/m1/s1. The van der Waals surface area contributed by atoms with Crippen molar-refractivity contribution in [2.24, 2.45) is 0 Å². The highest BCUT2D eigenvalue weighted by molar-refractivity contribution is 5.82. The maximum atomic E-state index is 12.3. The molecule has 0 amide bonds. The molecule has 0 aliphatic carbocycles. The lowest BCUT2D eigenvalue weighted by atomic mass is 10.1. The summed E-state index contributed by atoms with van der Waals surface area (Å²) in [5.74, 6) is -1.96. The molecule has 5 atom stereocenters. The highest BCUT2D eigenvalue weighted by Gasteiger charge is 2.59. The second kappa shape index (κ2) is 8.01. The van der Waals surface area contributed by atoms with Gasteiger partial charge in [-0.25, -0.2) is 4.79 Å². The SMILES string of the molecule is CCC/C=C/C=C/C(=O)O[C@@H]1[C@H]2OC(C)(C)O[C@H]2O[C@@H]1[C@H]1COC(C)(C)O1. The summed E-state index contributed by atoms with van der Waals surface area (Å²) < 4.78 is 35.0. The van der Waals surface area contributed by atoms with Gasteiger partial charge in [0.1, 0.15) is 12.2 Å². The number of carbonyl (C=O) groups excluding carboxylic acids is 1. The van der Waals surface area contributed by atoms with E-state index in [1.54, 1.807) is 19.9 Å². The van der Waals surface area contributed by atoms with Gasteiger partial charge in [-0.05, 0) is 34.1 Å². The molecule has 0 unspecified atom stereocenters. The monoisotopic (exact) mass is 382 g/mol. The Bertz CT molecular complexity index is 595. The molecule has 0 aromatic rings. The third-order valence-electron chi connectivity index (χ3n) is 4.61. The van der Waals surface area contributed by atoms with Crippen molar-refractivity contribution >= 4 is 5.97 Å². The lowest BCUT2D eigenvalue weighted by molar-refractivity contribution is -0.234. The van der Waals surface area contributed by atoms with Gasteiger partial charge in [-0.3, -0.25) is 0 Å². The summed E-state index contributed by atoms with van der Waals surface area (Å²) in [6.07, 6.45) is 6.29. The summed E-state index contributed by atoms with van der Waals surface area (Å²) in [4.78, 5) is 12.3. The topological polar surface area (TPSA) is 72.5 Å². The van der Waals surface area contributed by atoms with E-state index in [-0.39, 0.29) is 6.10 Å². The molecule has 0 N–H and O–H groups in total. The highest BCUT2D eigenvalue weighted by Crippen LogP contribution is 2.41. The highest BCUT2D eigenvalue weighted by atomic mass is 16.8. The lowest BCUT2D eigenvalue weighted by Gasteiger charge is -2.28. The first-order valence-electron chi connectivity index (χ1n) is 9.57. The van der Waals surface area contributed by atoms with Crippen LogP contribution in [0.4, 0.5) is 0 Å². The Hall–Kier alpha value is -1.25. The van der Waals surface area contributed by atoms with E-state index in [2.05, 4.69) is 6.92 Å². The molecule has 3 heterocycles. The molecule has 7 heteroatoms. The van der Waals surface area contributed by atoms with E-state index >= 15 is 0 Å². The van der Waals surface area contributed by atoms with Gasteiger partial charge in [0, 0.05) is 6.08 Å². The minimum Gasteiger partial charge on any atom is -0.453 e. The summed E-state index contributed by atoms with van der Waals surface area (Å²) in [6.45, 7) is 9.74. The van der Waals surface area contributed by atoms with Gasteiger partial charge in [0.2, 0.25) is 0 Å². The molecule has 0 radical (unpaired) electrons. The normalized spacial score (nSPS) is 37.3. The molecular formula is C20H30O7. The van der Waals surface area contributed by atoms with Crippen LogP contribution < -0.4 is 0 Å². The quantitative estimate of drug-likeness (QED) is 0.397. The number of hydrogen-bond acceptors (Lipinski definition) is 7. The van der Waals surface area contributed by atoms with Crippen molar-refractivity contribution in [1.29, 1.82) is 0 Å². The van der Waals surface area contributed by atoms with Crippen LogP contribution in [-0.4, -0.2) is 54.9 Å². The van der Waals surface area contributed by atoms with Crippen LogP contribution in [0.15, 0.2) is 24.3 Å². The van der Waals surface area contributed by atoms with Gasteiger partial charge in [0.05, 0.1) is 6.61 Å². The van der Waals surface area contributed by atoms with E-state index in [1.807, 2.05) is 26.0 Å². The predicted molar refractivity (Wildman–Crippen MR) is 96.7 cm³/mol. The van der Waals surface area contributed by atoms with Gasteiger partial charge >= 0.3 is 5.97 Å². The molecule has 0 aromatic heterocycles. The maximum absolute atomic E-state index is 12.3. The Balaban J connectivity index is 1.68. The van der Waals surface area contributed by atoms with Crippen LogP contribution in [0.1, 0.15) is 47.5 Å². The molecule has 3 aliphatic heterocycles. The molecule has 3 aliphatic rings. The molecule has 0 saturated carbocycles. The van der Waals surface area contributed by atoms with Crippen LogP contribution in [0.3, 0.4) is 0 Å². The fourth-order valence-electron chi connectivity index (χ4n) is 3.46. The summed E-state index contributed by atoms with van der Waals surface area (Å²) in [6, 6.07) is 0. The van der Waals surface area contributed by atoms with Crippen LogP contribution in [-0.2, 0) is 33.2 Å². The van der Waals surface area contributed by atoms with E-state index in [0.717, 1.165) is 12.8 Å². The van der Waals surface area contributed by atoms with Crippen molar-refractivity contribution < 1.29 is 33.2 Å². The summed E-state index contributed by atoms with van der Waals surface area (Å²) >= 11 is 0. The number of ether oxygens (including phenoxy) is 6. The number of esters is 1. The summed E-state index contributed by atoms with van der Waals surface area (Å²) in [5, 5.41) is 0. The molecule has 3 rings (SSSR count). The molecule has 27 heavy (non-hydrogen) atoms. The predicted octanol–water partition coefficient (Wildman–Crippen LogP) is 2.84. The van der Waals surface area contributed by atoms with Crippen LogP contribution in [0.2, 0.25) is 0 Å². The molecular weight excluding hydrogens is 352 g/mol. The molecule has 0 aromatic carbocycles. The average Bonchev–Trinajstić information content (AvgIpc) is 3.18. The number of rotatable bonds is 6. The van der Waals surface area contributed by atoms with E-state index in [1.165, 1.54) is 6.08 Å². The van der Waals surface area contributed by atoms with Gasteiger partial charge in [-0.2, -0.15) is 0 Å². The van der Waals surface area contributed by atoms with Crippen LogP contribution in [0.25, 0.3) is 0 Å². The van der Waals surface area contributed by atoms with Crippen LogP contribution in [0.5, 0.6) is 0 Å². The first kappa shape index (κ1) is 20.5. The largest absolute Gasteiger partial charge is 0.453 e. The number of unbranched alkanes of at least 4 members (excludes halogenated alkanes) is 1. The summed E-state index contributed by atoms with van der Waals surface area (Å²) in [5.41, 5.74) is 0. The molecule has 0 spiro atoms. The van der Waals surface area contributed by atoms with E-state index in [0.29, 0.717) is 6.61 Å². The zero-order valence-corrected chi connectivity index (χ0v) is 16.7. The van der Waals surface area contributed by atoms with Crippen molar-refractivity contribution in [3.63, 3.8) is 0 Å². The van der Waals surface area contributed by atoms with Gasteiger partial charge in [0.25, 0.3) is 0 Å².